The number of aromatic nitrogens is 1. The van der Waals surface area contributed by atoms with E-state index in [4.69, 9.17) is 15.5 Å². The van der Waals surface area contributed by atoms with Gasteiger partial charge in [-0.1, -0.05) is 30.3 Å². The molecule has 1 fully saturated rings. The summed E-state index contributed by atoms with van der Waals surface area (Å²) in [5, 5.41) is 0. The fourth-order valence-corrected chi connectivity index (χ4v) is 3.57. The average Bonchev–Trinajstić information content (AvgIpc) is 2.81. The van der Waals surface area contributed by atoms with Crippen LogP contribution in [0.5, 0.6) is 0 Å². The number of carbonyl (C=O) groups excluding carboxylic acids is 2. The number of pyridine rings is 1. The number of hydrogen-bond acceptors (Lipinski definition) is 4. The fraction of sp³-hybridized carbons (Fsp3) is 0.208. The lowest BCUT2D eigenvalue weighted by molar-refractivity contribution is -0.138. The molecule has 1 aliphatic heterocycles. The second-order valence-corrected chi connectivity index (χ2v) is 7.40. The number of carbonyl (C=O) groups is 2. The summed E-state index contributed by atoms with van der Waals surface area (Å²) in [6.45, 7) is 1.29. The lowest BCUT2D eigenvalue weighted by Gasteiger charge is -2.33. The third-order valence-electron chi connectivity index (χ3n) is 5.23. The highest BCUT2D eigenvalue weighted by Gasteiger charge is 2.26. The molecule has 1 atom stereocenters. The van der Waals surface area contributed by atoms with Gasteiger partial charge in [-0.25, -0.2) is 9.37 Å². The fourth-order valence-electron chi connectivity index (χ4n) is 3.57. The number of rotatable bonds is 5. The van der Waals surface area contributed by atoms with E-state index in [9.17, 15) is 14.0 Å². The quantitative estimate of drug-likeness (QED) is 0.689. The Bertz CT molecular complexity index is 1100. The van der Waals surface area contributed by atoms with Gasteiger partial charge in [-0.3, -0.25) is 9.59 Å². The van der Waals surface area contributed by atoms with E-state index in [1.54, 1.807) is 35.2 Å². The van der Waals surface area contributed by atoms with Crippen LogP contribution in [0, 0.1) is 5.82 Å². The number of benzene rings is 2. The zero-order valence-electron chi connectivity index (χ0n) is 16.8. The Kier molecular flexibility index (Phi) is 6.04. The number of morpholine rings is 1. The molecule has 2 amide bonds. The second kappa shape index (κ2) is 9.06. The molecule has 31 heavy (non-hydrogen) atoms. The van der Waals surface area contributed by atoms with Gasteiger partial charge in [0.1, 0.15) is 11.9 Å². The van der Waals surface area contributed by atoms with Gasteiger partial charge in [-0.05, 0) is 42.0 Å². The summed E-state index contributed by atoms with van der Waals surface area (Å²) in [6, 6.07) is 18.5. The maximum absolute atomic E-state index is 13.1. The van der Waals surface area contributed by atoms with Gasteiger partial charge >= 0.3 is 0 Å². The Balaban J connectivity index is 1.49. The molecule has 2 aromatic carbocycles. The minimum absolute atomic E-state index is 0.0368. The molecule has 2 heterocycles. The molecule has 7 heteroatoms. The Morgan fingerprint density at radius 2 is 1.87 bits per heavy atom. The first-order valence-corrected chi connectivity index (χ1v) is 10.0. The van der Waals surface area contributed by atoms with Crippen molar-refractivity contribution in [1.29, 1.82) is 0 Å². The molecule has 3 aromatic rings. The van der Waals surface area contributed by atoms with Crippen molar-refractivity contribution in [2.45, 2.75) is 12.5 Å². The number of nitrogens with zero attached hydrogens (tertiary/aromatic N) is 2. The summed E-state index contributed by atoms with van der Waals surface area (Å²) in [5.41, 5.74) is 8.74. The maximum Gasteiger partial charge on any atom is 0.248 e. The van der Waals surface area contributed by atoms with Gasteiger partial charge in [0.25, 0.3) is 0 Å². The largest absolute Gasteiger partial charge is 0.368 e. The number of halogens is 1. The Morgan fingerprint density at radius 1 is 1.10 bits per heavy atom. The predicted molar refractivity (Wildman–Crippen MR) is 114 cm³/mol. The maximum atomic E-state index is 13.1. The van der Waals surface area contributed by atoms with Crippen LogP contribution in [0.1, 0.15) is 27.7 Å². The predicted octanol–water partition coefficient (Wildman–Crippen LogP) is 3.13. The van der Waals surface area contributed by atoms with Crippen LogP contribution in [0.3, 0.4) is 0 Å². The SMILES string of the molecule is NC(=O)c1cccc(-c2cccc([C@@H]3CN(C(=O)Cc4ccc(F)cc4)CCO3)n2)c1. The van der Waals surface area contributed by atoms with Gasteiger partial charge in [-0.15, -0.1) is 0 Å². The van der Waals surface area contributed by atoms with Gasteiger partial charge in [0.2, 0.25) is 11.8 Å². The monoisotopic (exact) mass is 419 g/mol. The van der Waals surface area contributed by atoms with Gasteiger partial charge in [-0.2, -0.15) is 0 Å². The van der Waals surface area contributed by atoms with Gasteiger partial charge in [0.05, 0.1) is 31.0 Å². The highest BCUT2D eigenvalue weighted by atomic mass is 19.1. The van der Waals surface area contributed by atoms with Crippen molar-refractivity contribution in [3.8, 4) is 11.3 Å². The molecule has 4 rings (SSSR count). The van der Waals surface area contributed by atoms with Crippen LogP contribution in [0.2, 0.25) is 0 Å². The molecule has 2 N–H and O–H groups in total. The summed E-state index contributed by atoms with van der Waals surface area (Å²) < 4.78 is 19.0. The first-order chi connectivity index (χ1) is 15.0. The molecular weight excluding hydrogens is 397 g/mol. The van der Waals surface area contributed by atoms with Crippen molar-refractivity contribution in [2.24, 2.45) is 5.73 Å². The van der Waals surface area contributed by atoms with E-state index in [-0.39, 0.29) is 24.2 Å². The first-order valence-electron chi connectivity index (χ1n) is 10.0. The lowest BCUT2D eigenvalue weighted by atomic mass is 10.1. The number of hydrogen-bond donors (Lipinski definition) is 1. The standard InChI is InChI=1S/C24H22FN3O3/c25-19-9-7-16(8-10-19)13-23(29)28-11-12-31-22(15-28)21-6-2-5-20(27-21)17-3-1-4-18(14-17)24(26)30/h1-10,14,22H,11-13,15H2,(H2,26,30)/t22-/m0/s1. The third kappa shape index (κ3) is 4.95. The number of amides is 2. The van der Waals surface area contributed by atoms with E-state index in [1.807, 2.05) is 24.3 Å². The smallest absolute Gasteiger partial charge is 0.248 e. The first kappa shape index (κ1) is 20.7. The summed E-state index contributed by atoms with van der Waals surface area (Å²) >= 11 is 0. The Morgan fingerprint density at radius 3 is 2.65 bits per heavy atom. The number of nitrogens with two attached hydrogens (primary N) is 1. The van der Waals surface area contributed by atoms with Crippen LogP contribution >= 0.6 is 0 Å². The molecule has 0 spiro atoms. The van der Waals surface area contributed by atoms with Crippen LogP contribution in [0.15, 0.2) is 66.7 Å². The lowest BCUT2D eigenvalue weighted by Crippen LogP contribution is -2.43. The van der Waals surface area contributed by atoms with Crippen LogP contribution in [-0.4, -0.2) is 41.4 Å². The topological polar surface area (TPSA) is 85.5 Å². The normalized spacial score (nSPS) is 16.2. The van der Waals surface area contributed by atoms with E-state index < -0.39 is 5.91 Å². The van der Waals surface area contributed by atoms with Crippen molar-refractivity contribution in [2.75, 3.05) is 19.7 Å². The molecule has 6 nitrogen and oxygen atoms in total. The summed E-state index contributed by atoms with van der Waals surface area (Å²) in [6.07, 6.45) is -0.148. The average molecular weight is 419 g/mol. The molecule has 1 aromatic heterocycles. The number of primary amides is 1. The van der Waals surface area contributed by atoms with Gasteiger partial charge in [0.15, 0.2) is 0 Å². The highest BCUT2D eigenvalue weighted by molar-refractivity contribution is 5.94. The molecule has 1 aliphatic rings. The summed E-state index contributed by atoms with van der Waals surface area (Å²) in [5.74, 6) is -0.857. The Hall–Kier alpha value is -3.58. The highest BCUT2D eigenvalue weighted by Crippen LogP contribution is 2.25. The van der Waals surface area contributed by atoms with Crippen LogP contribution < -0.4 is 5.73 Å². The van der Waals surface area contributed by atoms with Crippen molar-refractivity contribution in [3.05, 3.63) is 89.4 Å². The zero-order chi connectivity index (χ0) is 21.8. The van der Waals surface area contributed by atoms with Crippen molar-refractivity contribution in [3.63, 3.8) is 0 Å². The summed E-state index contributed by atoms with van der Waals surface area (Å²) in [7, 11) is 0. The van der Waals surface area contributed by atoms with Crippen LogP contribution in [0.4, 0.5) is 4.39 Å². The van der Waals surface area contributed by atoms with Gasteiger partial charge < -0.3 is 15.4 Å². The minimum Gasteiger partial charge on any atom is -0.368 e. The van der Waals surface area contributed by atoms with E-state index >= 15 is 0 Å². The molecular formula is C24H22FN3O3. The number of ether oxygens (including phenoxy) is 1. The minimum atomic E-state index is -0.496. The van der Waals surface area contributed by atoms with Crippen molar-refractivity contribution in [1.82, 2.24) is 9.88 Å². The Labute approximate surface area is 179 Å². The molecule has 1 saturated heterocycles. The summed E-state index contributed by atoms with van der Waals surface area (Å²) in [4.78, 5) is 30.7. The van der Waals surface area contributed by atoms with Crippen molar-refractivity contribution >= 4 is 11.8 Å². The van der Waals surface area contributed by atoms with E-state index in [1.165, 1.54) is 12.1 Å². The van der Waals surface area contributed by atoms with Gasteiger partial charge in [0, 0.05) is 17.7 Å². The van der Waals surface area contributed by atoms with Crippen molar-refractivity contribution < 1.29 is 18.7 Å². The molecule has 0 aliphatic carbocycles. The second-order valence-electron chi connectivity index (χ2n) is 7.40. The molecule has 0 radical (unpaired) electrons. The van der Waals surface area contributed by atoms with Crippen LogP contribution in [0.25, 0.3) is 11.3 Å². The molecule has 0 saturated carbocycles. The third-order valence-corrected chi connectivity index (χ3v) is 5.23. The van der Waals surface area contributed by atoms with E-state index in [0.29, 0.717) is 36.6 Å². The van der Waals surface area contributed by atoms with E-state index in [0.717, 1.165) is 11.1 Å². The van der Waals surface area contributed by atoms with E-state index in [2.05, 4.69) is 0 Å². The zero-order valence-corrected chi connectivity index (χ0v) is 16.8. The molecule has 0 bridgehead atoms. The van der Waals surface area contributed by atoms with Crippen LogP contribution in [-0.2, 0) is 16.0 Å². The molecule has 0 unspecified atom stereocenters. The molecule has 158 valence electrons.